The van der Waals surface area contributed by atoms with E-state index in [1.165, 1.54) is 5.56 Å². The van der Waals surface area contributed by atoms with Crippen molar-refractivity contribution in [2.24, 2.45) is 0 Å². The minimum Gasteiger partial charge on any atom is -0.320 e. The van der Waals surface area contributed by atoms with E-state index in [2.05, 4.69) is 5.32 Å². The van der Waals surface area contributed by atoms with Gasteiger partial charge in [0, 0.05) is 17.4 Å². The zero-order chi connectivity index (χ0) is 19.8. The topological polar surface area (TPSA) is 46.4 Å². The molecule has 4 aromatic rings. The normalized spacial score (nSPS) is 11.0. The Morgan fingerprint density at radius 1 is 0.857 bits per heavy atom. The molecule has 0 radical (unpaired) electrons. The van der Waals surface area contributed by atoms with Gasteiger partial charge in [0.2, 0.25) is 0 Å². The summed E-state index contributed by atoms with van der Waals surface area (Å²) in [5, 5.41) is 3.11. The monoisotopic (exact) mass is 369 g/mol. The summed E-state index contributed by atoms with van der Waals surface area (Å²) in [4.78, 5) is 18.2. The van der Waals surface area contributed by atoms with Gasteiger partial charge in [-0.25, -0.2) is 4.98 Å². The lowest BCUT2D eigenvalue weighted by atomic mass is 10.1. The molecule has 4 nitrogen and oxygen atoms in total. The van der Waals surface area contributed by atoms with Gasteiger partial charge in [-0.15, -0.1) is 0 Å². The van der Waals surface area contributed by atoms with Crippen molar-refractivity contribution in [3.63, 3.8) is 0 Å². The third kappa shape index (κ3) is 3.18. The van der Waals surface area contributed by atoms with E-state index in [0.717, 1.165) is 33.6 Å². The predicted octanol–water partition coefficient (Wildman–Crippen LogP) is 5.49. The van der Waals surface area contributed by atoms with Crippen molar-refractivity contribution in [3.8, 4) is 11.3 Å². The Morgan fingerprint density at radius 2 is 1.50 bits per heavy atom. The second-order valence-corrected chi connectivity index (χ2v) is 7.33. The highest BCUT2D eigenvalue weighted by atomic mass is 16.2. The first-order chi connectivity index (χ1) is 13.4. The molecule has 4 rings (SSSR count). The van der Waals surface area contributed by atoms with Crippen molar-refractivity contribution >= 4 is 17.2 Å². The molecule has 2 aromatic carbocycles. The molecule has 140 valence electrons. The van der Waals surface area contributed by atoms with Crippen LogP contribution in [0.3, 0.4) is 0 Å². The Kier molecular flexibility index (Phi) is 4.47. The van der Waals surface area contributed by atoms with Crippen LogP contribution in [0.15, 0.2) is 60.8 Å². The zero-order valence-corrected chi connectivity index (χ0v) is 16.6. The molecule has 1 amide bonds. The van der Waals surface area contributed by atoms with E-state index in [1.54, 1.807) is 0 Å². The number of aromatic nitrogens is 2. The van der Waals surface area contributed by atoms with Crippen molar-refractivity contribution in [1.29, 1.82) is 0 Å². The second kappa shape index (κ2) is 6.97. The number of carbonyl (C=O) groups excluding carboxylic acids is 1. The van der Waals surface area contributed by atoms with Crippen LogP contribution in [-0.2, 0) is 0 Å². The molecule has 0 aliphatic heterocycles. The number of rotatable bonds is 3. The predicted molar refractivity (Wildman–Crippen MR) is 114 cm³/mol. The number of carbonyl (C=O) groups is 1. The number of aryl methyl sites for hydroxylation is 4. The first kappa shape index (κ1) is 18.0. The van der Waals surface area contributed by atoms with Gasteiger partial charge in [-0.1, -0.05) is 54.1 Å². The van der Waals surface area contributed by atoms with Gasteiger partial charge in [0.25, 0.3) is 5.91 Å². The molecular weight excluding hydrogens is 346 g/mol. The number of hydrogen-bond donors (Lipinski definition) is 1. The van der Waals surface area contributed by atoms with Crippen molar-refractivity contribution in [2.75, 3.05) is 5.32 Å². The number of fused-ring (bicyclic) bond motifs is 1. The van der Waals surface area contributed by atoms with Gasteiger partial charge < -0.3 is 5.32 Å². The van der Waals surface area contributed by atoms with Crippen molar-refractivity contribution in [3.05, 3.63) is 88.7 Å². The van der Waals surface area contributed by atoms with Gasteiger partial charge in [-0.05, 0) is 50.5 Å². The molecule has 0 bridgehead atoms. The maximum Gasteiger partial charge on any atom is 0.274 e. The molecular formula is C24H23N3O. The van der Waals surface area contributed by atoms with Crippen molar-refractivity contribution < 1.29 is 4.79 Å². The smallest absolute Gasteiger partial charge is 0.274 e. The third-order valence-corrected chi connectivity index (χ3v) is 5.03. The van der Waals surface area contributed by atoms with E-state index >= 15 is 0 Å². The van der Waals surface area contributed by atoms with Crippen LogP contribution in [0.2, 0.25) is 0 Å². The first-order valence-electron chi connectivity index (χ1n) is 9.37. The number of nitrogens with one attached hydrogen (secondary N) is 1. The van der Waals surface area contributed by atoms with Crippen molar-refractivity contribution in [2.45, 2.75) is 27.7 Å². The quantitative estimate of drug-likeness (QED) is 0.519. The molecule has 2 heterocycles. The number of pyridine rings is 1. The van der Waals surface area contributed by atoms with Gasteiger partial charge in [0.1, 0.15) is 17.0 Å². The van der Waals surface area contributed by atoms with Crippen LogP contribution in [0.25, 0.3) is 16.9 Å². The number of amides is 1. The summed E-state index contributed by atoms with van der Waals surface area (Å²) in [7, 11) is 0. The maximum atomic E-state index is 13.4. The van der Waals surface area contributed by atoms with Gasteiger partial charge in [-0.2, -0.15) is 0 Å². The Morgan fingerprint density at radius 3 is 2.18 bits per heavy atom. The SMILES string of the molecule is Cc1ccc(-c2nc3ccc(C)cn3c2C(=O)Nc2c(C)cccc2C)cc1. The zero-order valence-electron chi connectivity index (χ0n) is 16.6. The van der Waals surface area contributed by atoms with E-state index in [-0.39, 0.29) is 5.91 Å². The number of nitrogens with zero attached hydrogens (tertiary/aromatic N) is 2. The molecule has 0 saturated heterocycles. The average molecular weight is 369 g/mol. The highest BCUT2D eigenvalue weighted by molar-refractivity contribution is 6.08. The fourth-order valence-corrected chi connectivity index (χ4v) is 3.46. The number of imidazole rings is 1. The Bertz CT molecular complexity index is 1170. The summed E-state index contributed by atoms with van der Waals surface area (Å²) in [6.07, 6.45) is 1.96. The lowest BCUT2D eigenvalue weighted by Gasteiger charge is -2.12. The van der Waals surface area contributed by atoms with Crippen LogP contribution in [0.4, 0.5) is 5.69 Å². The van der Waals surface area contributed by atoms with Gasteiger partial charge in [-0.3, -0.25) is 9.20 Å². The minimum atomic E-state index is -0.161. The minimum absolute atomic E-state index is 0.161. The number of anilines is 1. The molecule has 4 heteroatoms. The van der Waals surface area contributed by atoms with Crippen molar-refractivity contribution in [1.82, 2.24) is 9.38 Å². The fourth-order valence-electron chi connectivity index (χ4n) is 3.46. The summed E-state index contributed by atoms with van der Waals surface area (Å²) in [6.45, 7) is 8.06. The summed E-state index contributed by atoms with van der Waals surface area (Å²) >= 11 is 0. The molecule has 0 spiro atoms. The maximum absolute atomic E-state index is 13.4. The highest BCUT2D eigenvalue weighted by Gasteiger charge is 2.21. The van der Waals surface area contributed by atoms with Gasteiger partial charge >= 0.3 is 0 Å². The fraction of sp³-hybridized carbons (Fsp3) is 0.167. The van der Waals surface area contributed by atoms with Crippen LogP contribution in [-0.4, -0.2) is 15.3 Å². The molecule has 0 aliphatic rings. The van der Waals surface area contributed by atoms with E-state index in [0.29, 0.717) is 11.4 Å². The van der Waals surface area contributed by atoms with Crippen LogP contribution < -0.4 is 5.32 Å². The molecule has 0 saturated carbocycles. The Hall–Kier alpha value is -3.40. The molecule has 0 aliphatic carbocycles. The number of para-hydroxylation sites is 1. The summed E-state index contributed by atoms with van der Waals surface area (Å²) in [6, 6.07) is 18.1. The molecule has 28 heavy (non-hydrogen) atoms. The number of hydrogen-bond acceptors (Lipinski definition) is 2. The van der Waals surface area contributed by atoms with Gasteiger partial charge in [0.15, 0.2) is 0 Å². The lowest BCUT2D eigenvalue weighted by Crippen LogP contribution is -2.17. The lowest BCUT2D eigenvalue weighted by molar-refractivity contribution is 0.102. The summed E-state index contributed by atoms with van der Waals surface area (Å²) in [5.74, 6) is -0.161. The van der Waals surface area contributed by atoms with Crippen LogP contribution in [0.5, 0.6) is 0 Å². The first-order valence-corrected chi connectivity index (χ1v) is 9.37. The second-order valence-electron chi connectivity index (χ2n) is 7.33. The summed E-state index contributed by atoms with van der Waals surface area (Å²) in [5.41, 5.74) is 8.09. The highest BCUT2D eigenvalue weighted by Crippen LogP contribution is 2.27. The molecule has 1 N–H and O–H groups in total. The number of benzene rings is 2. The largest absolute Gasteiger partial charge is 0.320 e. The van der Waals surface area contributed by atoms with E-state index < -0.39 is 0 Å². The standard InChI is InChI=1S/C24H23N3O/c1-15-8-11-19(12-9-15)22-23(27-14-16(2)10-13-20(27)25-22)24(28)26-21-17(3)6-5-7-18(21)4/h5-14H,1-4H3,(H,26,28). The average Bonchev–Trinajstić information content (AvgIpc) is 3.04. The Balaban J connectivity index is 1.88. The van der Waals surface area contributed by atoms with Gasteiger partial charge in [0.05, 0.1) is 0 Å². The third-order valence-electron chi connectivity index (χ3n) is 5.03. The van der Waals surface area contributed by atoms with Crippen LogP contribution in [0.1, 0.15) is 32.7 Å². The molecule has 0 fully saturated rings. The Labute approximate surface area is 164 Å². The van der Waals surface area contributed by atoms with E-state index in [1.807, 2.05) is 92.9 Å². The molecule has 0 unspecified atom stereocenters. The van der Waals surface area contributed by atoms with Crippen LogP contribution >= 0.6 is 0 Å². The molecule has 0 atom stereocenters. The molecule has 2 aromatic heterocycles. The van der Waals surface area contributed by atoms with E-state index in [4.69, 9.17) is 4.98 Å². The van der Waals surface area contributed by atoms with Crippen LogP contribution in [0, 0.1) is 27.7 Å². The summed E-state index contributed by atoms with van der Waals surface area (Å²) < 4.78 is 1.88. The van der Waals surface area contributed by atoms with E-state index in [9.17, 15) is 4.79 Å².